The van der Waals surface area contributed by atoms with Gasteiger partial charge in [0.1, 0.15) is 0 Å². The second-order valence-electron chi connectivity index (χ2n) is 4.74. The van der Waals surface area contributed by atoms with Crippen LogP contribution in [0.4, 0.5) is 0 Å². The monoisotopic (exact) mass is 301 g/mol. The van der Waals surface area contributed by atoms with Crippen molar-refractivity contribution in [3.05, 3.63) is 11.7 Å². The van der Waals surface area contributed by atoms with E-state index < -0.39 is 0 Å². The third-order valence-electron chi connectivity index (χ3n) is 3.18. The summed E-state index contributed by atoms with van der Waals surface area (Å²) in [6.45, 7) is 5.43. The fourth-order valence-electron chi connectivity index (χ4n) is 2.04. The van der Waals surface area contributed by atoms with Gasteiger partial charge in [0.05, 0.1) is 5.25 Å². The van der Waals surface area contributed by atoms with E-state index in [1.807, 2.05) is 23.5 Å². The summed E-state index contributed by atoms with van der Waals surface area (Å²) in [6.07, 6.45) is 3.08. The summed E-state index contributed by atoms with van der Waals surface area (Å²) in [7, 11) is 0. The standard InChI is InChI=1S/C13H23N3OS2/c1-3-5-14-10(4-2)8-12-15-13(16-17-12)11-9-18-6-7-19-11/h10-11,14H,3-9H2,1-2H3. The molecule has 6 heteroatoms. The first-order chi connectivity index (χ1) is 9.33. The molecule has 1 saturated heterocycles. The minimum atomic E-state index is 0.417. The van der Waals surface area contributed by atoms with Crippen LogP contribution in [0.3, 0.4) is 0 Å². The third-order valence-corrected chi connectivity index (χ3v) is 5.94. The fraction of sp³-hybridized carbons (Fsp3) is 0.846. The van der Waals surface area contributed by atoms with Gasteiger partial charge in [0.25, 0.3) is 0 Å². The Morgan fingerprint density at radius 3 is 3.00 bits per heavy atom. The number of nitrogens with one attached hydrogen (secondary N) is 1. The van der Waals surface area contributed by atoms with Gasteiger partial charge in [0, 0.05) is 29.7 Å². The topological polar surface area (TPSA) is 51.0 Å². The highest BCUT2D eigenvalue weighted by atomic mass is 32.2. The van der Waals surface area contributed by atoms with E-state index in [4.69, 9.17) is 4.52 Å². The fourth-order valence-corrected chi connectivity index (χ4v) is 4.63. The van der Waals surface area contributed by atoms with Gasteiger partial charge in [-0.3, -0.25) is 0 Å². The molecule has 108 valence electrons. The van der Waals surface area contributed by atoms with Gasteiger partial charge in [0.2, 0.25) is 5.89 Å². The van der Waals surface area contributed by atoms with Gasteiger partial charge in [-0.2, -0.15) is 16.7 Å². The molecule has 2 rings (SSSR count). The molecular formula is C13H23N3OS2. The van der Waals surface area contributed by atoms with Gasteiger partial charge >= 0.3 is 0 Å². The summed E-state index contributed by atoms with van der Waals surface area (Å²) in [6, 6.07) is 0.446. The summed E-state index contributed by atoms with van der Waals surface area (Å²) in [5.41, 5.74) is 0. The van der Waals surface area contributed by atoms with E-state index in [0.717, 1.165) is 43.3 Å². The Morgan fingerprint density at radius 2 is 2.32 bits per heavy atom. The first-order valence-corrected chi connectivity index (χ1v) is 9.29. The minimum absolute atomic E-state index is 0.417. The molecule has 0 spiro atoms. The van der Waals surface area contributed by atoms with Crippen LogP contribution in [0.1, 0.15) is 43.7 Å². The van der Waals surface area contributed by atoms with E-state index >= 15 is 0 Å². The largest absolute Gasteiger partial charge is 0.339 e. The molecule has 2 atom stereocenters. The second-order valence-corrected chi connectivity index (χ2v) is 7.20. The van der Waals surface area contributed by atoms with Crippen LogP contribution in [-0.2, 0) is 6.42 Å². The summed E-state index contributed by atoms with van der Waals surface area (Å²) >= 11 is 3.93. The molecule has 2 heterocycles. The molecule has 19 heavy (non-hydrogen) atoms. The summed E-state index contributed by atoms with van der Waals surface area (Å²) in [4.78, 5) is 4.58. The Kier molecular flexibility index (Phi) is 6.53. The molecular weight excluding hydrogens is 278 g/mol. The quantitative estimate of drug-likeness (QED) is 0.835. The zero-order valence-corrected chi connectivity index (χ0v) is 13.4. The maximum Gasteiger partial charge on any atom is 0.228 e. The van der Waals surface area contributed by atoms with Gasteiger partial charge in [-0.25, -0.2) is 0 Å². The van der Waals surface area contributed by atoms with Crippen LogP contribution in [0.25, 0.3) is 0 Å². The van der Waals surface area contributed by atoms with E-state index in [0.29, 0.717) is 11.3 Å². The van der Waals surface area contributed by atoms with Crippen LogP contribution >= 0.6 is 23.5 Å². The molecule has 1 aromatic heterocycles. The zero-order valence-electron chi connectivity index (χ0n) is 11.7. The Bertz CT molecular complexity index is 367. The lowest BCUT2D eigenvalue weighted by atomic mass is 10.1. The van der Waals surface area contributed by atoms with Crippen LogP contribution in [-0.4, -0.2) is 40.0 Å². The van der Waals surface area contributed by atoms with E-state index in [2.05, 4.69) is 29.3 Å². The second kappa shape index (κ2) is 8.17. The molecule has 2 unspecified atom stereocenters. The molecule has 1 aliphatic rings. The SMILES string of the molecule is CCCNC(CC)Cc1nc(C2CSCCS2)no1. The molecule has 0 radical (unpaired) electrons. The highest BCUT2D eigenvalue weighted by Crippen LogP contribution is 2.35. The van der Waals surface area contributed by atoms with Crippen molar-refractivity contribution in [3.8, 4) is 0 Å². The molecule has 0 amide bonds. The number of hydrogen-bond donors (Lipinski definition) is 1. The van der Waals surface area contributed by atoms with Crippen LogP contribution in [0.5, 0.6) is 0 Å². The van der Waals surface area contributed by atoms with Gasteiger partial charge in [-0.05, 0) is 19.4 Å². The predicted molar refractivity (Wildman–Crippen MR) is 82.9 cm³/mol. The van der Waals surface area contributed by atoms with Crippen molar-refractivity contribution < 1.29 is 4.52 Å². The van der Waals surface area contributed by atoms with Gasteiger partial charge in [-0.15, -0.1) is 11.8 Å². The molecule has 1 N–H and O–H groups in total. The van der Waals surface area contributed by atoms with Gasteiger partial charge in [0.15, 0.2) is 5.82 Å². The number of rotatable bonds is 7. The van der Waals surface area contributed by atoms with E-state index in [-0.39, 0.29) is 0 Å². The number of thioether (sulfide) groups is 2. The van der Waals surface area contributed by atoms with Gasteiger partial charge in [-0.1, -0.05) is 19.0 Å². The van der Waals surface area contributed by atoms with Gasteiger partial charge < -0.3 is 9.84 Å². The van der Waals surface area contributed by atoms with E-state index in [1.165, 1.54) is 11.5 Å². The smallest absolute Gasteiger partial charge is 0.228 e. The van der Waals surface area contributed by atoms with Crippen LogP contribution in [0.2, 0.25) is 0 Å². The first kappa shape index (κ1) is 15.2. The average molecular weight is 301 g/mol. The van der Waals surface area contributed by atoms with Crippen molar-refractivity contribution in [2.45, 2.75) is 44.4 Å². The lowest BCUT2D eigenvalue weighted by molar-refractivity contribution is 0.350. The molecule has 1 aromatic rings. The van der Waals surface area contributed by atoms with Crippen LogP contribution in [0, 0.1) is 0 Å². The maximum absolute atomic E-state index is 5.41. The summed E-state index contributed by atoms with van der Waals surface area (Å²) in [5.74, 6) is 5.20. The van der Waals surface area contributed by atoms with Crippen molar-refractivity contribution >= 4 is 23.5 Å². The molecule has 0 bridgehead atoms. The lowest BCUT2D eigenvalue weighted by Gasteiger charge is -2.17. The van der Waals surface area contributed by atoms with Crippen molar-refractivity contribution in [2.75, 3.05) is 23.8 Å². The van der Waals surface area contributed by atoms with Crippen LogP contribution in [0.15, 0.2) is 4.52 Å². The summed E-state index contributed by atoms with van der Waals surface area (Å²) in [5, 5.41) is 8.10. The zero-order chi connectivity index (χ0) is 13.5. The van der Waals surface area contributed by atoms with Crippen molar-refractivity contribution in [3.63, 3.8) is 0 Å². The molecule has 1 fully saturated rings. The normalized spacial score (nSPS) is 21.5. The number of nitrogens with zero attached hydrogens (tertiary/aromatic N) is 2. The minimum Gasteiger partial charge on any atom is -0.339 e. The van der Waals surface area contributed by atoms with E-state index in [9.17, 15) is 0 Å². The molecule has 0 saturated carbocycles. The Labute approximate surface area is 123 Å². The number of hydrogen-bond acceptors (Lipinski definition) is 6. The molecule has 0 aromatic carbocycles. The summed E-state index contributed by atoms with van der Waals surface area (Å²) < 4.78 is 5.41. The number of aromatic nitrogens is 2. The third kappa shape index (κ3) is 4.68. The molecule has 4 nitrogen and oxygen atoms in total. The first-order valence-electron chi connectivity index (χ1n) is 7.08. The Balaban J connectivity index is 1.88. The van der Waals surface area contributed by atoms with E-state index in [1.54, 1.807) is 0 Å². The maximum atomic E-state index is 5.41. The average Bonchev–Trinajstić information content (AvgIpc) is 2.93. The molecule has 1 aliphatic heterocycles. The van der Waals surface area contributed by atoms with Crippen molar-refractivity contribution in [1.29, 1.82) is 0 Å². The highest BCUT2D eigenvalue weighted by Gasteiger charge is 2.22. The Morgan fingerprint density at radius 1 is 1.42 bits per heavy atom. The predicted octanol–water partition coefficient (Wildman–Crippen LogP) is 2.91. The van der Waals surface area contributed by atoms with Crippen molar-refractivity contribution in [1.82, 2.24) is 15.5 Å². The Hall–Kier alpha value is -0.200. The highest BCUT2D eigenvalue weighted by molar-refractivity contribution is 8.06. The van der Waals surface area contributed by atoms with Crippen LogP contribution < -0.4 is 5.32 Å². The lowest BCUT2D eigenvalue weighted by Crippen LogP contribution is -2.31. The molecule has 0 aliphatic carbocycles. The van der Waals surface area contributed by atoms with Crippen molar-refractivity contribution in [2.24, 2.45) is 0 Å².